The van der Waals surface area contributed by atoms with Gasteiger partial charge in [0.05, 0.1) is 18.4 Å². The maximum absolute atomic E-state index is 14.0. The van der Waals surface area contributed by atoms with Crippen molar-refractivity contribution in [2.24, 2.45) is 5.73 Å². The van der Waals surface area contributed by atoms with E-state index in [0.717, 1.165) is 29.7 Å². The van der Waals surface area contributed by atoms with E-state index in [4.69, 9.17) is 10.5 Å². The van der Waals surface area contributed by atoms with Gasteiger partial charge < -0.3 is 15.8 Å². The van der Waals surface area contributed by atoms with Crippen LogP contribution in [0.2, 0.25) is 0 Å². The van der Waals surface area contributed by atoms with E-state index >= 15 is 0 Å². The summed E-state index contributed by atoms with van der Waals surface area (Å²) in [5.74, 6) is -0.437. The van der Waals surface area contributed by atoms with Crippen LogP contribution in [0.3, 0.4) is 0 Å². The van der Waals surface area contributed by atoms with Crippen molar-refractivity contribution < 1.29 is 22.3 Å². The summed E-state index contributed by atoms with van der Waals surface area (Å²) in [7, 11) is 1.45. The Morgan fingerprint density at radius 3 is 2.52 bits per heavy atom. The molecule has 0 saturated carbocycles. The first-order valence-corrected chi connectivity index (χ1v) is 9.62. The molecular weight excluding hydrogens is 412 g/mol. The van der Waals surface area contributed by atoms with Crippen LogP contribution < -0.4 is 15.8 Å². The minimum absolute atomic E-state index is 0.157. The van der Waals surface area contributed by atoms with Gasteiger partial charge in [0, 0.05) is 18.2 Å². The lowest BCUT2D eigenvalue weighted by molar-refractivity contribution is -0.137. The molecule has 0 radical (unpaired) electrons. The van der Waals surface area contributed by atoms with Gasteiger partial charge in [0.1, 0.15) is 11.6 Å². The number of benzene rings is 2. The number of rotatable bonds is 8. The van der Waals surface area contributed by atoms with Crippen LogP contribution in [0.1, 0.15) is 16.7 Å². The Hall–Kier alpha value is -3.20. The van der Waals surface area contributed by atoms with Crippen molar-refractivity contribution in [3.05, 3.63) is 71.0 Å². The van der Waals surface area contributed by atoms with E-state index in [1.165, 1.54) is 7.11 Å². The molecule has 0 unspecified atom stereocenters. The number of nitrogens with zero attached hydrogens (tertiary/aromatic N) is 2. The summed E-state index contributed by atoms with van der Waals surface area (Å²) < 4.78 is 57.2. The van der Waals surface area contributed by atoms with Gasteiger partial charge in [-0.2, -0.15) is 23.1 Å². The zero-order valence-corrected chi connectivity index (χ0v) is 16.8. The van der Waals surface area contributed by atoms with Crippen molar-refractivity contribution in [2.75, 3.05) is 25.5 Å². The third-order valence-electron chi connectivity index (χ3n) is 4.62. The van der Waals surface area contributed by atoms with Gasteiger partial charge in [-0.1, -0.05) is 24.3 Å². The smallest absolute Gasteiger partial charge is 0.416 e. The lowest BCUT2D eigenvalue weighted by Crippen LogP contribution is -2.10. The summed E-state index contributed by atoms with van der Waals surface area (Å²) in [6.07, 6.45) is -3.66. The van der Waals surface area contributed by atoms with E-state index in [1.54, 1.807) is 6.07 Å². The molecule has 3 N–H and O–H groups in total. The number of methoxy groups -OCH3 is 1. The summed E-state index contributed by atoms with van der Waals surface area (Å²) in [4.78, 5) is 8.59. The lowest BCUT2D eigenvalue weighted by Gasteiger charge is -2.11. The molecule has 0 aliphatic carbocycles. The Labute approximate surface area is 177 Å². The van der Waals surface area contributed by atoms with E-state index in [9.17, 15) is 17.6 Å². The SMILES string of the molecule is COc1nc(NCCc2ccc(C(F)(F)F)cc2F)cc(-c2cccc(CCN)c2)n1. The lowest BCUT2D eigenvalue weighted by atomic mass is 10.1. The van der Waals surface area contributed by atoms with Crippen molar-refractivity contribution in [2.45, 2.75) is 19.0 Å². The van der Waals surface area contributed by atoms with Gasteiger partial charge in [0.2, 0.25) is 0 Å². The first-order valence-electron chi connectivity index (χ1n) is 9.62. The van der Waals surface area contributed by atoms with Crippen LogP contribution in [0.4, 0.5) is 23.4 Å². The third kappa shape index (κ3) is 5.91. The summed E-state index contributed by atoms with van der Waals surface area (Å²) in [5, 5.41) is 3.05. The number of halogens is 4. The molecule has 1 aromatic heterocycles. The fraction of sp³-hybridized carbons (Fsp3) is 0.273. The van der Waals surface area contributed by atoms with E-state index in [1.807, 2.05) is 24.3 Å². The van der Waals surface area contributed by atoms with Gasteiger partial charge in [-0.3, -0.25) is 0 Å². The monoisotopic (exact) mass is 434 g/mol. The van der Waals surface area contributed by atoms with Gasteiger partial charge in [-0.15, -0.1) is 0 Å². The number of nitrogens with one attached hydrogen (secondary N) is 1. The second-order valence-electron chi connectivity index (χ2n) is 6.84. The zero-order valence-electron chi connectivity index (χ0n) is 16.8. The summed E-state index contributed by atoms with van der Waals surface area (Å²) in [6, 6.07) is 12.2. The predicted molar refractivity (Wildman–Crippen MR) is 110 cm³/mol. The molecule has 31 heavy (non-hydrogen) atoms. The molecule has 0 amide bonds. The second-order valence-corrected chi connectivity index (χ2v) is 6.84. The molecule has 0 atom stereocenters. The van der Waals surface area contributed by atoms with Gasteiger partial charge in [0.15, 0.2) is 0 Å². The Kier molecular flexibility index (Phi) is 7.06. The molecule has 0 aliphatic heterocycles. The molecule has 3 rings (SSSR count). The minimum atomic E-state index is -4.58. The van der Waals surface area contributed by atoms with Crippen molar-refractivity contribution in [1.29, 1.82) is 0 Å². The Morgan fingerprint density at radius 2 is 1.84 bits per heavy atom. The maximum Gasteiger partial charge on any atom is 0.416 e. The molecule has 2 aromatic carbocycles. The molecule has 1 heterocycles. The first-order chi connectivity index (χ1) is 14.8. The summed E-state index contributed by atoms with van der Waals surface area (Å²) in [5.41, 5.74) is 7.36. The highest BCUT2D eigenvalue weighted by Gasteiger charge is 2.31. The fourth-order valence-corrected chi connectivity index (χ4v) is 3.06. The quantitative estimate of drug-likeness (QED) is 0.512. The first kappa shape index (κ1) is 22.5. The Bertz CT molecular complexity index is 1040. The molecule has 0 fully saturated rings. The molecule has 0 aliphatic rings. The number of alkyl halides is 3. The standard InChI is InChI=1S/C22H22F4N4O/c1-31-21-29-19(16-4-2-3-14(11-16)7-9-27)13-20(30-21)28-10-8-15-5-6-17(12-18(15)23)22(24,25)26/h2-6,11-13H,7-10,27H2,1H3,(H,28,29,30). The van der Waals surface area contributed by atoms with E-state index in [2.05, 4.69) is 15.3 Å². The molecule has 9 heteroatoms. The van der Waals surface area contributed by atoms with Crippen LogP contribution in [-0.4, -0.2) is 30.2 Å². The topological polar surface area (TPSA) is 73.1 Å². The number of aromatic nitrogens is 2. The minimum Gasteiger partial charge on any atom is -0.467 e. The number of anilines is 1. The predicted octanol–water partition coefficient (Wildman–Crippen LogP) is 4.47. The van der Waals surface area contributed by atoms with Crippen molar-refractivity contribution in [3.63, 3.8) is 0 Å². The maximum atomic E-state index is 14.0. The van der Waals surface area contributed by atoms with Crippen LogP contribution in [0, 0.1) is 5.82 Å². The number of nitrogens with two attached hydrogens (primary N) is 1. The van der Waals surface area contributed by atoms with Crippen molar-refractivity contribution >= 4 is 5.82 Å². The molecule has 0 bridgehead atoms. The van der Waals surface area contributed by atoms with Crippen LogP contribution in [0.15, 0.2) is 48.5 Å². The molecule has 164 valence electrons. The molecule has 5 nitrogen and oxygen atoms in total. The summed E-state index contributed by atoms with van der Waals surface area (Å²) in [6.45, 7) is 0.791. The summed E-state index contributed by atoms with van der Waals surface area (Å²) >= 11 is 0. The number of ether oxygens (including phenoxy) is 1. The second kappa shape index (κ2) is 9.74. The van der Waals surface area contributed by atoms with E-state index in [0.29, 0.717) is 24.1 Å². The average Bonchev–Trinajstić information content (AvgIpc) is 2.74. The molecular formula is C22H22F4N4O. The molecule has 0 spiro atoms. The van der Waals surface area contributed by atoms with Gasteiger partial charge in [-0.05, 0) is 48.7 Å². The van der Waals surface area contributed by atoms with Gasteiger partial charge in [-0.25, -0.2) is 4.39 Å². The van der Waals surface area contributed by atoms with Crippen LogP contribution in [0.5, 0.6) is 6.01 Å². The van der Waals surface area contributed by atoms with E-state index in [-0.39, 0.29) is 24.5 Å². The van der Waals surface area contributed by atoms with Crippen molar-refractivity contribution in [1.82, 2.24) is 9.97 Å². The van der Waals surface area contributed by atoms with Crippen LogP contribution in [-0.2, 0) is 19.0 Å². The van der Waals surface area contributed by atoms with Gasteiger partial charge >= 0.3 is 12.2 Å². The number of hydrogen-bond donors (Lipinski definition) is 2. The van der Waals surface area contributed by atoms with E-state index < -0.39 is 17.6 Å². The highest BCUT2D eigenvalue weighted by atomic mass is 19.4. The Morgan fingerprint density at radius 1 is 1.03 bits per heavy atom. The van der Waals surface area contributed by atoms with Crippen molar-refractivity contribution in [3.8, 4) is 17.3 Å². The fourth-order valence-electron chi connectivity index (χ4n) is 3.06. The van der Waals surface area contributed by atoms with Gasteiger partial charge in [0.25, 0.3) is 0 Å². The molecule has 0 saturated heterocycles. The third-order valence-corrected chi connectivity index (χ3v) is 4.62. The van der Waals surface area contributed by atoms with Crippen LogP contribution >= 0.6 is 0 Å². The highest BCUT2D eigenvalue weighted by molar-refractivity contribution is 5.63. The largest absolute Gasteiger partial charge is 0.467 e. The highest BCUT2D eigenvalue weighted by Crippen LogP contribution is 2.30. The zero-order chi connectivity index (χ0) is 22.4. The Balaban J connectivity index is 1.74. The molecule has 3 aromatic rings. The average molecular weight is 434 g/mol. The number of hydrogen-bond acceptors (Lipinski definition) is 5. The normalized spacial score (nSPS) is 11.4. The van der Waals surface area contributed by atoms with Crippen LogP contribution in [0.25, 0.3) is 11.3 Å².